The van der Waals surface area contributed by atoms with Crippen LogP contribution in [0.5, 0.6) is 11.5 Å². The molecule has 5 nitrogen and oxygen atoms in total. The number of benzene rings is 1. The van der Waals surface area contributed by atoms with Crippen LogP contribution in [0.4, 0.5) is 0 Å². The molecular formula is C14H20N2O3. The van der Waals surface area contributed by atoms with Crippen LogP contribution in [0.2, 0.25) is 0 Å². The highest BCUT2D eigenvalue weighted by atomic mass is 16.5. The van der Waals surface area contributed by atoms with Crippen molar-refractivity contribution in [2.24, 2.45) is 0 Å². The van der Waals surface area contributed by atoms with Crippen LogP contribution in [0.15, 0.2) is 18.2 Å². The maximum absolute atomic E-state index is 9.25. The van der Waals surface area contributed by atoms with Gasteiger partial charge in [0, 0.05) is 13.0 Å². The summed E-state index contributed by atoms with van der Waals surface area (Å²) in [5.41, 5.74) is 0.245. The van der Waals surface area contributed by atoms with E-state index in [-0.39, 0.29) is 6.61 Å². The Kier molecular flexibility index (Phi) is 5.61. The zero-order chi connectivity index (χ0) is 14.3. The average Bonchev–Trinajstić information content (AvgIpc) is 2.45. The van der Waals surface area contributed by atoms with Crippen molar-refractivity contribution in [2.45, 2.75) is 18.9 Å². The molecule has 2 N–H and O–H groups in total. The van der Waals surface area contributed by atoms with Crippen molar-refractivity contribution in [1.82, 2.24) is 5.32 Å². The van der Waals surface area contributed by atoms with Crippen LogP contribution in [0.25, 0.3) is 0 Å². The summed E-state index contributed by atoms with van der Waals surface area (Å²) in [5.74, 6) is 1.30. The topological polar surface area (TPSA) is 74.5 Å². The fourth-order valence-electron chi connectivity index (χ4n) is 1.87. The fraction of sp³-hybridized carbons (Fsp3) is 0.500. The number of rotatable bonds is 7. The second kappa shape index (κ2) is 6.98. The van der Waals surface area contributed by atoms with Gasteiger partial charge in [-0.3, -0.25) is 5.32 Å². The first-order valence-corrected chi connectivity index (χ1v) is 6.06. The quantitative estimate of drug-likeness (QED) is 0.771. The third-order valence-electron chi connectivity index (χ3n) is 2.88. The van der Waals surface area contributed by atoms with E-state index in [0.29, 0.717) is 24.5 Å². The monoisotopic (exact) mass is 264 g/mol. The Balaban J connectivity index is 2.89. The summed E-state index contributed by atoms with van der Waals surface area (Å²) in [5, 5.41) is 21.1. The molecule has 19 heavy (non-hydrogen) atoms. The number of methoxy groups -OCH3 is 2. The van der Waals surface area contributed by atoms with Gasteiger partial charge in [-0.1, -0.05) is 6.07 Å². The molecule has 0 heterocycles. The smallest absolute Gasteiger partial charge is 0.160 e. The second-order valence-electron chi connectivity index (χ2n) is 4.46. The summed E-state index contributed by atoms with van der Waals surface area (Å²) in [6.07, 6.45) is 0.518. The van der Waals surface area contributed by atoms with E-state index in [0.717, 1.165) is 5.56 Å². The van der Waals surface area contributed by atoms with E-state index in [9.17, 15) is 5.26 Å². The predicted octanol–water partition coefficient (Wildman–Crippen LogP) is 1.11. The van der Waals surface area contributed by atoms with Gasteiger partial charge in [0.25, 0.3) is 0 Å². The van der Waals surface area contributed by atoms with Crippen LogP contribution in [-0.4, -0.2) is 38.0 Å². The molecule has 0 aliphatic heterocycles. The maximum atomic E-state index is 9.25. The number of aliphatic hydroxyl groups is 1. The van der Waals surface area contributed by atoms with Crippen LogP contribution in [0.3, 0.4) is 0 Å². The predicted molar refractivity (Wildman–Crippen MR) is 72.4 cm³/mol. The van der Waals surface area contributed by atoms with Crippen molar-refractivity contribution in [3.05, 3.63) is 23.8 Å². The lowest BCUT2D eigenvalue weighted by Crippen LogP contribution is -2.44. The van der Waals surface area contributed by atoms with Crippen molar-refractivity contribution in [2.75, 3.05) is 27.4 Å². The number of nitriles is 1. The molecule has 0 aliphatic carbocycles. The molecule has 1 unspecified atom stereocenters. The number of aliphatic hydroxyl groups excluding tert-OH is 1. The van der Waals surface area contributed by atoms with Crippen molar-refractivity contribution < 1.29 is 14.6 Å². The Labute approximate surface area is 113 Å². The van der Waals surface area contributed by atoms with Crippen LogP contribution in [-0.2, 0) is 6.42 Å². The summed E-state index contributed by atoms with van der Waals surface area (Å²) >= 11 is 0. The fourth-order valence-corrected chi connectivity index (χ4v) is 1.87. The third kappa shape index (κ3) is 4.12. The van der Waals surface area contributed by atoms with Gasteiger partial charge in [-0.2, -0.15) is 5.26 Å². The highest BCUT2D eigenvalue weighted by molar-refractivity contribution is 5.43. The van der Waals surface area contributed by atoms with E-state index >= 15 is 0 Å². The summed E-state index contributed by atoms with van der Waals surface area (Å²) in [6, 6.07) is 7.81. The molecule has 1 aromatic rings. The minimum atomic E-state index is -0.720. The van der Waals surface area contributed by atoms with E-state index in [4.69, 9.17) is 14.6 Å². The Hall–Kier alpha value is -1.77. The number of nitrogens with one attached hydrogen (secondary N) is 1. The minimum absolute atomic E-state index is 0.00318. The summed E-state index contributed by atoms with van der Waals surface area (Å²) in [4.78, 5) is 0. The Morgan fingerprint density at radius 2 is 2.00 bits per heavy atom. The first-order valence-electron chi connectivity index (χ1n) is 6.06. The summed E-state index contributed by atoms with van der Waals surface area (Å²) in [6.45, 7) is 2.19. The van der Waals surface area contributed by atoms with Crippen LogP contribution in [0.1, 0.15) is 12.5 Å². The number of hydrogen-bond donors (Lipinski definition) is 2. The van der Waals surface area contributed by atoms with E-state index in [1.807, 2.05) is 18.2 Å². The van der Waals surface area contributed by atoms with Crippen molar-refractivity contribution in [1.29, 1.82) is 5.26 Å². The van der Waals surface area contributed by atoms with Crippen molar-refractivity contribution in [3.8, 4) is 17.6 Å². The standard InChI is InChI=1S/C14H20N2O3/c1-14(10-15,16-6-7-17)9-11-4-5-12(18-2)13(8-11)19-3/h4-5,8,16-17H,6-7,9H2,1-3H3. The molecule has 0 saturated heterocycles. The first-order chi connectivity index (χ1) is 9.08. The van der Waals surface area contributed by atoms with E-state index in [1.54, 1.807) is 21.1 Å². The van der Waals surface area contributed by atoms with Gasteiger partial charge in [-0.25, -0.2) is 0 Å². The molecule has 0 spiro atoms. The number of β-amino-alcohol motifs (C(OH)–C–C–N with tert-alkyl or cyclic N) is 1. The van der Waals surface area contributed by atoms with Gasteiger partial charge in [0.1, 0.15) is 5.54 Å². The zero-order valence-electron chi connectivity index (χ0n) is 11.6. The molecule has 1 rings (SSSR count). The SMILES string of the molecule is COc1ccc(CC(C)(C#N)NCCO)cc1OC. The average molecular weight is 264 g/mol. The van der Waals surface area contributed by atoms with E-state index in [2.05, 4.69) is 11.4 Å². The summed E-state index contributed by atoms with van der Waals surface area (Å²) < 4.78 is 10.4. The van der Waals surface area contributed by atoms with Crippen LogP contribution in [0, 0.1) is 11.3 Å². The molecular weight excluding hydrogens is 244 g/mol. The minimum Gasteiger partial charge on any atom is -0.493 e. The molecule has 0 fully saturated rings. The van der Waals surface area contributed by atoms with Gasteiger partial charge in [-0.15, -0.1) is 0 Å². The molecule has 0 aliphatic rings. The van der Waals surface area contributed by atoms with E-state index in [1.165, 1.54) is 0 Å². The third-order valence-corrected chi connectivity index (χ3v) is 2.88. The molecule has 104 valence electrons. The second-order valence-corrected chi connectivity index (χ2v) is 4.46. The van der Waals surface area contributed by atoms with Gasteiger partial charge in [0.2, 0.25) is 0 Å². The Morgan fingerprint density at radius 1 is 1.32 bits per heavy atom. The molecule has 0 amide bonds. The van der Waals surface area contributed by atoms with E-state index < -0.39 is 5.54 Å². The molecule has 5 heteroatoms. The maximum Gasteiger partial charge on any atom is 0.160 e. The highest BCUT2D eigenvalue weighted by Crippen LogP contribution is 2.28. The lowest BCUT2D eigenvalue weighted by Gasteiger charge is -2.23. The zero-order valence-corrected chi connectivity index (χ0v) is 11.6. The molecule has 0 saturated carbocycles. The van der Waals surface area contributed by atoms with Crippen molar-refractivity contribution in [3.63, 3.8) is 0 Å². The Morgan fingerprint density at radius 3 is 2.53 bits per heavy atom. The number of nitrogens with zero attached hydrogens (tertiary/aromatic N) is 1. The molecule has 1 aromatic carbocycles. The van der Waals surface area contributed by atoms with Gasteiger partial charge < -0.3 is 14.6 Å². The Bertz CT molecular complexity index is 456. The molecule has 0 radical (unpaired) electrons. The number of ether oxygens (including phenoxy) is 2. The molecule has 0 aromatic heterocycles. The van der Waals surface area contributed by atoms with Crippen LogP contribution >= 0.6 is 0 Å². The first kappa shape index (κ1) is 15.3. The van der Waals surface area contributed by atoms with Gasteiger partial charge >= 0.3 is 0 Å². The summed E-state index contributed by atoms with van der Waals surface area (Å²) in [7, 11) is 3.16. The lowest BCUT2D eigenvalue weighted by atomic mass is 9.94. The highest BCUT2D eigenvalue weighted by Gasteiger charge is 2.23. The molecule has 0 bridgehead atoms. The van der Waals surface area contributed by atoms with Gasteiger partial charge in [0.05, 0.1) is 26.9 Å². The van der Waals surface area contributed by atoms with Crippen molar-refractivity contribution >= 4 is 0 Å². The lowest BCUT2D eigenvalue weighted by molar-refractivity contribution is 0.275. The normalized spacial score (nSPS) is 13.4. The van der Waals surface area contributed by atoms with Gasteiger partial charge in [-0.05, 0) is 24.6 Å². The molecule has 1 atom stereocenters. The van der Waals surface area contributed by atoms with Gasteiger partial charge in [0.15, 0.2) is 11.5 Å². The van der Waals surface area contributed by atoms with Crippen LogP contribution < -0.4 is 14.8 Å². The largest absolute Gasteiger partial charge is 0.493 e. The number of hydrogen-bond acceptors (Lipinski definition) is 5.